The summed E-state index contributed by atoms with van der Waals surface area (Å²) in [5.74, 6) is -0.657. The molecule has 0 aromatic carbocycles. The van der Waals surface area contributed by atoms with Gasteiger partial charge in [-0.3, -0.25) is 4.79 Å². The Morgan fingerprint density at radius 3 is 1.44 bits per heavy atom. The molecular weight excluding hydrogens is 446 g/mol. The Hall–Kier alpha value is 1.90. The van der Waals surface area contributed by atoms with Gasteiger partial charge in [0.25, 0.3) is 0 Å². The first kappa shape index (κ1) is 24.9. The van der Waals surface area contributed by atoms with Crippen molar-refractivity contribution in [2.45, 2.75) is 84.0 Å². The third-order valence-corrected chi connectivity index (χ3v) is 2.99. The SMILES string of the molecule is CCCCCCCCCCCCCC(=O)O.[Gd].[Y]. The largest absolute Gasteiger partial charge is 0.481 e. The van der Waals surface area contributed by atoms with Gasteiger partial charge in [0.2, 0.25) is 0 Å². The predicted molar refractivity (Wildman–Crippen MR) is 68.7 cm³/mol. The van der Waals surface area contributed by atoms with Crippen molar-refractivity contribution in [1.29, 1.82) is 0 Å². The Morgan fingerprint density at radius 2 is 1.11 bits per heavy atom. The molecule has 0 saturated carbocycles. The summed E-state index contributed by atoms with van der Waals surface area (Å²) in [7, 11) is 0. The zero-order chi connectivity index (χ0) is 12.1. The number of unbranched alkanes of at least 4 members (excludes halogenated alkanes) is 10. The Bertz CT molecular complexity index is 166. The van der Waals surface area contributed by atoms with Crippen LogP contribution in [0.5, 0.6) is 0 Å². The second kappa shape index (κ2) is 21.2. The monoisotopic (exact) mass is 475 g/mol. The zero-order valence-electron chi connectivity index (χ0n) is 11.8. The average molecular weight is 475 g/mol. The van der Waals surface area contributed by atoms with E-state index >= 15 is 0 Å². The van der Waals surface area contributed by atoms with E-state index in [1.807, 2.05) is 0 Å². The fraction of sp³-hybridized carbons (Fsp3) is 0.929. The van der Waals surface area contributed by atoms with Crippen molar-refractivity contribution in [1.82, 2.24) is 0 Å². The number of hydrogen-bond donors (Lipinski definition) is 1. The molecule has 2 nitrogen and oxygen atoms in total. The first-order valence-corrected chi connectivity index (χ1v) is 6.99. The maximum absolute atomic E-state index is 10.3. The predicted octanol–water partition coefficient (Wildman–Crippen LogP) is 4.77. The summed E-state index contributed by atoms with van der Waals surface area (Å²) in [6, 6.07) is 0. The third-order valence-electron chi connectivity index (χ3n) is 2.99. The molecule has 0 bridgehead atoms. The van der Waals surface area contributed by atoms with E-state index in [1.54, 1.807) is 0 Å². The van der Waals surface area contributed by atoms with Crippen molar-refractivity contribution in [2.24, 2.45) is 0 Å². The van der Waals surface area contributed by atoms with E-state index in [-0.39, 0.29) is 72.6 Å². The van der Waals surface area contributed by atoms with Gasteiger partial charge in [-0.05, 0) is 6.42 Å². The van der Waals surface area contributed by atoms with Crippen LogP contribution in [-0.4, -0.2) is 11.1 Å². The second-order valence-corrected chi connectivity index (χ2v) is 4.68. The van der Waals surface area contributed by atoms with E-state index in [2.05, 4.69) is 6.92 Å². The van der Waals surface area contributed by atoms with Crippen LogP contribution in [0.25, 0.3) is 0 Å². The van der Waals surface area contributed by atoms with E-state index in [4.69, 9.17) is 5.11 Å². The van der Waals surface area contributed by atoms with Crippen LogP contribution >= 0.6 is 0 Å². The molecule has 0 saturated heterocycles. The number of carboxylic acid groups (broad SMARTS) is 1. The van der Waals surface area contributed by atoms with Crippen LogP contribution < -0.4 is 0 Å². The van der Waals surface area contributed by atoms with Gasteiger partial charge in [0.15, 0.2) is 0 Å². The molecule has 4 heteroatoms. The second-order valence-electron chi connectivity index (χ2n) is 4.68. The molecule has 107 valence electrons. The maximum Gasteiger partial charge on any atom is 0.303 e. The molecule has 0 amide bonds. The van der Waals surface area contributed by atoms with Crippen molar-refractivity contribution in [3.63, 3.8) is 0 Å². The van der Waals surface area contributed by atoms with Gasteiger partial charge in [-0.15, -0.1) is 0 Å². The molecule has 0 fully saturated rings. The van der Waals surface area contributed by atoms with Gasteiger partial charge in [-0.25, -0.2) is 0 Å². The van der Waals surface area contributed by atoms with Crippen LogP contribution in [0.15, 0.2) is 0 Å². The minimum Gasteiger partial charge on any atom is -0.481 e. The van der Waals surface area contributed by atoms with Crippen molar-refractivity contribution < 1.29 is 82.6 Å². The molecule has 1 N–H and O–H groups in total. The normalized spacial score (nSPS) is 9.39. The van der Waals surface area contributed by atoms with Crippen LogP contribution in [0, 0.1) is 39.9 Å². The van der Waals surface area contributed by atoms with E-state index in [1.165, 1.54) is 57.8 Å². The van der Waals surface area contributed by atoms with Gasteiger partial charge in [-0.2, -0.15) is 0 Å². The van der Waals surface area contributed by atoms with Crippen LogP contribution in [0.2, 0.25) is 0 Å². The molecule has 0 aliphatic rings. The summed E-state index contributed by atoms with van der Waals surface area (Å²) in [5, 5.41) is 8.46. The molecule has 0 aromatic rings. The quantitative estimate of drug-likeness (QED) is 0.414. The Kier molecular flexibility index (Phi) is 29.3. The van der Waals surface area contributed by atoms with Crippen molar-refractivity contribution in [3.05, 3.63) is 0 Å². The van der Waals surface area contributed by atoms with E-state index in [0.717, 1.165) is 12.8 Å². The molecule has 1 radical (unpaired) electrons. The number of aliphatic carboxylic acids is 1. The van der Waals surface area contributed by atoms with E-state index in [0.29, 0.717) is 6.42 Å². The summed E-state index contributed by atoms with van der Waals surface area (Å²) in [6.45, 7) is 2.25. The molecule has 0 aromatic heterocycles. The smallest absolute Gasteiger partial charge is 0.303 e. The molecule has 0 heterocycles. The first-order valence-electron chi connectivity index (χ1n) is 6.99. The standard InChI is InChI=1S/C14H28O2.Gd.Y/c1-2-3-4-5-6-7-8-9-10-11-12-13-14(15)16;;/h2-13H2,1H3,(H,15,16);;. The Morgan fingerprint density at radius 1 is 0.778 bits per heavy atom. The summed E-state index contributed by atoms with van der Waals surface area (Å²) in [6.07, 6.45) is 14.4. The maximum atomic E-state index is 10.3. The van der Waals surface area contributed by atoms with Crippen LogP contribution in [0.4, 0.5) is 0 Å². The van der Waals surface area contributed by atoms with Crippen molar-refractivity contribution in [2.75, 3.05) is 0 Å². The molecule has 0 spiro atoms. The van der Waals surface area contributed by atoms with Gasteiger partial charge in [0.05, 0.1) is 0 Å². The zero-order valence-corrected chi connectivity index (χ0v) is 16.9. The van der Waals surface area contributed by atoms with Gasteiger partial charge in [0, 0.05) is 79.1 Å². The molecular formula is C14H28GdO2Y. The minimum atomic E-state index is -0.657. The Balaban J connectivity index is -0.00000112. The van der Waals surface area contributed by atoms with Gasteiger partial charge in [0.1, 0.15) is 0 Å². The van der Waals surface area contributed by atoms with Crippen molar-refractivity contribution in [3.8, 4) is 0 Å². The minimum absolute atomic E-state index is 0. The summed E-state index contributed by atoms with van der Waals surface area (Å²) in [5.41, 5.74) is 0. The van der Waals surface area contributed by atoms with Gasteiger partial charge >= 0.3 is 5.97 Å². The molecule has 0 atom stereocenters. The topological polar surface area (TPSA) is 37.3 Å². The Labute approximate surface area is 170 Å². The van der Waals surface area contributed by atoms with Crippen LogP contribution in [0.1, 0.15) is 84.0 Å². The first-order chi connectivity index (χ1) is 7.77. The summed E-state index contributed by atoms with van der Waals surface area (Å²) < 4.78 is 0. The molecule has 0 aliphatic carbocycles. The van der Waals surface area contributed by atoms with E-state index < -0.39 is 5.97 Å². The van der Waals surface area contributed by atoms with E-state index in [9.17, 15) is 4.79 Å². The fourth-order valence-corrected chi connectivity index (χ4v) is 1.94. The fourth-order valence-electron chi connectivity index (χ4n) is 1.94. The molecule has 0 unspecified atom stereocenters. The summed E-state index contributed by atoms with van der Waals surface area (Å²) in [4.78, 5) is 10.3. The van der Waals surface area contributed by atoms with Crippen LogP contribution in [-0.2, 0) is 37.5 Å². The van der Waals surface area contributed by atoms with Crippen LogP contribution in [0.3, 0.4) is 0 Å². The number of carboxylic acids is 1. The number of carbonyl (C=O) groups is 1. The molecule has 0 aliphatic heterocycles. The summed E-state index contributed by atoms with van der Waals surface area (Å²) >= 11 is 0. The number of rotatable bonds is 12. The third kappa shape index (κ3) is 23.0. The molecule has 18 heavy (non-hydrogen) atoms. The van der Waals surface area contributed by atoms with Gasteiger partial charge < -0.3 is 5.11 Å². The number of hydrogen-bond acceptors (Lipinski definition) is 1. The van der Waals surface area contributed by atoms with Gasteiger partial charge in [-0.1, -0.05) is 71.1 Å². The van der Waals surface area contributed by atoms with Crippen molar-refractivity contribution >= 4 is 5.97 Å². The average Bonchev–Trinajstić information content (AvgIpc) is 2.25. The molecule has 0 rings (SSSR count).